The van der Waals surface area contributed by atoms with Crippen molar-refractivity contribution >= 4 is 29.1 Å². The van der Waals surface area contributed by atoms with E-state index in [0.717, 1.165) is 0 Å². The van der Waals surface area contributed by atoms with Crippen LogP contribution in [0.4, 0.5) is 0 Å². The van der Waals surface area contributed by atoms with E-state index in [-0.39, 0.29) is 17.7 Å². The molecule has 0 spiro atoms. The first-order chi connectivity index (χ1) is 9.51. The minimum Gasteiger partial charge on any atom is -0.489 e. The molecule has 0 aromatic carbocycles. The topological polar surface area (TPSA) is 105 Å². The van der Waals surface area contributed by atoms with Crippen molar-refractivity contribution in [3.8, 4) is 5.75 Å². The van der Waals surface area contributed by atoms with Crippen LogP contribution < -0.4 is 10.3 Å². The van der Waals surface area contributed by atoms with Gasteiger partial charge in [-0.3, -0.25) is 9.59 Å². The van der Waals surface area contributed by atoms with Gasteiger partial charge in [-0.1, -0.05) is 0 Å². The standard InChI is InChI=1S/C11H11N3O4S2/c1-5-6(3-7(15)16)19-11(14-5)20-10-8(18-2)9(17)12-4-13-10/h4H,3H2,1-2H3,(H,15,16)(H,12,13,17). The van der Waals surface area contributed by atoms with E-state index in [0.29, 0.717) is 19.9 Å². The van der Waals surface area contributed by atoms with Gasteiger partial charge < -0.3 is 14.8 Å². The van der Waals surface area contributed by atoms with Crippen molar-refractivity contribution in [1.82, 2.24) is 15.0 Å². The molecule has 2 N–H and O–H groups in total. The van der Waals surface area contributed by atoms with E-state index in [1.54, 1.807) is 6.92 Å². The van der Waals surface area contributed by atoms with E-state index in [4.69, 9.17) is 9.84 Å². The summed E-state index contributed by atoms with van der Waals surface area (Å²) in [5.41, 5.74) is 0.299. The summed E-state index contributed by atoms with van der Waals surface area (Å²) in [7, 11) is 1.39. The van der Waals surface area contributed by atoms with Crippen LogP contribution in [0.15, 0.2) is 20.5 Å². The van der Waals surface area contributed by atoms with Crippen LogP contribution in [0.3, 0.4) is 0 Å². The highest BCUT2D eigenvalue weighted by Gasteiger charge is 2.16. The van der Waals surface area contributed by atoms with E-state index >= 15 is 0 Å². The molecule has 2 heterocycles. The van der Waals surface area contributed by atoms with E-state index < -0.39 is 5.97 Å². The lowest BCUT2D eigenvalue weighted by Crippen LogP contribution is -2.10. The SMILES string of the molecule is COc1c(Sc2nc(C)c(CC(=O)O)s2)nc[nH]c1=O. The van der Waals surface area contributed by atoms with Gasteiger partial charge in [0.2, 0.25) is 5.75 Å². The van der Waals surface area contributed by atoms with Crippen LogP contribution in [0.2, 0.25) is 0 Å². The molecule has 0 radical (unpaired) electrons. The van der Waals surface area contributed by atoms with Crippen molar-refractivity contribution in [3.63, 3.8) is 0 Å². The largest absolute Gasteiger partial charge is 0.489 e. The monoisotopic (exact) mass is 313 g/mol. The molecule has 7 nitrogen and oxygen atoms in total. The highest BCUT2D eigenvalue weighted by molar-refractivity contribution is 8.01. The molecule has 2 rings (SSSR count). The van der Waals surface area contributed by atoms with Gasteiger partial charge in [0.05, 0.1) is 25.6 Å². The first kappa shape index (κ1) is 14.5. The molecule has 0 unspecified atom stereocenters. The van der Waals surface area contributed by atoms with Crippen LogP contribution in [0.5, 0.6) is 5.75 Å². The van der Waals surface area contributed by atoms with Crippen molar-refractivity contribution in [2.75, 3.05) is 7.11 Å². The maximum Gasteiger partial charge on any atom is 0.308 e. The zero-order chi connectivity index (χ0) is 14.7. The molecule has 9 heteroatoms. The number of aliphatic carboxylic acids is 1. The zero-order valence-corrected chi connectivity index (χ0v) is 12.3. The van der Waals surface area contributed by atoms with Gasteiger partial charge in [0.15, 0.2) is 9.37 Å². The summed E-state index contributed by atoms with van der Waals surface area (Å²) in [6.45, 7) is 1.75. The number of hydrogen-bond donors (Lipinski definition) is 2. The third-order valence-corrected chi connectivity index (χ3v) is 4.55. The highest BCUT2D eigenvalue weighted by Crippen LogP contribution is 2.34. The lowest BCUT2D eigenvalue weighted by atomic mass is 10.3. The predicted octanol–water partition coefficient (Wildman–Crippen LogP) is 1.32. The summed E-state index contributed by atoms with van der Waals surface area (Å²) in [5, 5.41) is 9.20. The van der Waals surface area contributed by atoms with Crippen LogP contribution in [0.1, 0.15) is 10.6 Å². The second-order valence-electron chi connectivity index (χ2n) is 3.73. The Balaban J connectivity index is 2.29. The van der Waals surface area contributed by atoms with Gasteiger partial charge in [-0.25, -0.2) is 9.97 Å². The average molecular weight is 313 g/mol. The molecule has 0 aliphatic rings. The van der Waals surface area contributed by atoms with Crippen LogP contribution in [-0.2, 0) is 11.2 Å². The number of methoxy groups -OCH3 is 1. The molecule has 2 aromatic rings. The second kappa shape index (κ2) is 6.06. The number of carbonyl (C=O) groups is 1. The van der Waals surface area contributed by atoms with Crippen molar-refractivity contribution in [2.45, 2.75) is 22.7 Å². The summed E-state index contributed by atoms with van der Waals surface area (Å²) >= 11 is 2.44. The molecule has 0 fully saturated rings. The first-order valence-corrected chi connectivity index (χ1v) is 7.12. The van der Waals surface area contributed by atoms with Gasteiger partial charge in [-0.2, -0.15) is 0 Å². The Morgan fingerprint density at radius 1 is 1.60 bits per heavy atom. The van der Waals surface area contributed by atoms with Crippen molar-refractivity contribution in [3.05, 3.63) is 27.3 Å². The van der Waals surface area contributed by atoms with Crippen molar-refractivity contribution < 1.29 is 14.6 Å². The quantitative estimate of drug-likeness (QED) is 0.802. The number of hydrogen-bond acceptors (Lipinski definition) is 7. The van der Waals surface area contributed by atoms with Gasteiger partial charge in [0, 0.05) is 4.88 Å². The van der Waals surface area contributed by atoms with Crippen molar-refractivity contribution in [2.24, 2.45) is 0 Å². The van der Waals surface area contributed by atoms with Crippen LogP contribution in [0, 0.1) is 6.92 Å². The van der Waals surface area contributed by atoms with Gasteiger partial charge in [0.25, 0.3) is 5.56 Å². The van der Waals surface area contributed by atoms with E-state index in [1.807, 2.05) is 0 Å². The molecule has 0 amide bonds. The number of thiazole rings is 1. The summed E-state index contributed by atoms with van der Waals surface area (Å²) < 4.78 is 5.63. The Bertz CT molecular complexity index is 695. The predicted molar refractivity (Wildman–Crippen MR) is 73.7 cm³/mol. The molecular weight excluding hydrogens is 302 g/mol. The van der Waals surface area contributed by atoms with E-state index in [1.165, 1.54) is 36.5 Å². The molecule has 2 aromatic heterocycles. The maximum absolute atomic E-state index is 11.6. The smallest absolute Gasteiger partial charge is 0.308 e. The normalized spacial score (nSPS) is 10.5. The van der Waals surface area contributed by atoms with Crippen molar-refractivity contribution in [1.29, 1.82) is 0 Å². The highest BCUT2D eigenvalue weighted by atomic mass is 32.2. The number of nitrogens with one attached hydrogen (secondary N) is 1. The Kier molecular flexibility index (Phi) is 4.40. The average Bonchev–Trinajstić information content (AvgIpc) is 2.69. The minimum atomic E-state index is -0.903. The molecule has 20 heavy (non-hydrogen) atoms. The number of rotatable bonds is 5. The number of carboxylic acids is 1. The number of nitrogens with zero attached hydrogens (tertiary/aromatic N) is 2. The molecule has 0 aliphatic heterocycles. The first-order valence-electron chi connectivity index (χ1n) is 5.49. The molecular formula is C11H11N3O4S2. The fraction of sp³-hybridized carbons (Fsp3) is 0.273. The summed E-state index contributed by atoms with van der Waals surface area (Å²) in [5.74, 6) is -0.787. The van der Waals surface area contributed by atoms with Gasteiger partial charge in [-0.15, -0.1) is 11.3 Å². The molecule has 0 bridgehead atoms. The number of carboxylic acid groups (broad SMARTS) is 1. The number of aromatic amines is 1. The van der Waals surface area contributed by atoms with Crippen LogP contribution >= 0.6 is 23.1 Å². The van der Waals surface area contributed by atoms with E-state index in [9.17, 15) is 9.59 Å². The fourth-order valence-electron chi connectivity index (χ4n) is 1.45. The molecule has 0 atom stereocenters. The maximum atomic E-state index is 11.6. The van der Waals surface area contributed by atoms with Gasteiger partial charge in [0.1, 0.15) is 0 Å². The Morgan fingerprint density at radius 3 is 3.00 bits per heavy atom. The molecule has 0 aliphatic carbocycles. The Hall–Kier alpha value is -1.87. The van der Waals surface area contributed by atoms with Gasteiger partial charge in [-0.05, 0) is 18.7 Å². The number of aromatic nitrogens is 3. The number of aryl methyl sites for hydroxylation is 1. The summed E-state index contributed by atoms with van der Waals surface area (Å²) in [6.07, 6.45) is 1.22. The molecule has 0 saturated heterocycles. The molecule has 0 saturated carbocycles. The summed E-state index contributed by atoms with van der Waals surface area (Å²) in [6, 6.07) is 0. The van der Waals surface area contributed by atoms with Crippen LogP contribution in [-0.4, -0.2) is 33.1 Å². The zero-order valence-electron chi connectivity index (χ0n) is 10.7. The number of H-pyrrole nitrogens is 1. The summed E-state index contributed by atoms with van der Waals surface area (Å²) in [4.78, 5) is 33.7. The van der Waals surface area contributed by atoms with Crippen LogP contribution in [0.25, 0.3) is 0 Å². The third-order valence-electron chi connectivity index (χ3n) is 2.35. The number of ether oxygens (including phenoxy) is 1. The lowest BCUT2D eigenvalue weighted by Gasteiger charge is -2.02. The second-order valence-corrected chi connectivity index (χ2v) is 6.05. The fourth-order valence-corrected chi connectivity index (χ4v) is 3.66. The third kappa shape index (κ3) is 3.17. The van der Waals surface area contributed by atoms with Gasteiger partial charge >= 0.3 is 5.97 Å². The Labute approximate surface area is 122 Å². The Morgan fingerprint density at radius 2 is 2.35 bits per heavy atom. The van der Waals surface area contributed by atoms with E-state index in [2.05, 4.69) is 15.0 Å². The molecule has 106 valence electrons. The minimum absolute atomic E-state index is 0.0655. The lowest BCUT2D eigenvalue weighted by molar-refractivity contribution is -0.136.